The number of halogens is 1. The van der Waals surface area contributed by atoms with Gasteiger partial charge in [0.05, 0.1) is 32.2 Å². The van der Waals surface area contributed by atoms with Crippen molar-refractivity contribution in [1.29, 1.82) is 1.34 Å². The number of ether oxygens (including phenoxy) is 2. The van der Waals surface area contributed by atoms with Gasteiger partial charge in [-0.3, -0.25) is 14.5 Å². The third kappa shape index (κ3) is 9.96. The zero-order chi connectivity index (χ0) is 41.5. The molecule has 0 saturated carbocycles. The van der Waals surface area contributed by atoms with E-state index in [1.165, 1.54) is 7.05 Å². The van der Waals surface area contributed by atoms with Crippen LogP contribution < -0.4 is 25.0 Å². The Morgan fingerprint density at radius 1 is 0.750 bits per heavy atom. The first kappa shape index (κ1) is 48.2. The average Bonchev–Trinajstić information content (AvgIpc) is 3.17. The molecule has 2 fully saturated rings. The normalized spacial score (nSPS) is 16.8. The molecule has 0 aromatic heterocycles. The third-order valence-electron chi connectivity index (χ3n) is 10.2. The molecule has 10 nitrogen and oxygen atoms in total. The Morgan fingerprint density at radius 2 is 1.18 bits per heavy atom. The van der Waals surface area contributed by atoms with Crippen LogP contribution in [0.5, 0.6) is 23.0 Å². The van der Waals surface area contributed by atoms with Gasteiger partial charge in [-0.05, 0) is 133 Å². The summed E-state index contributed by atoms with van der Waals surface area (Å²) >= 11 is 0. The van der Waals surface area contributed by atoms with E-state index < -0.39 is 0 Å². The number of rotatable bonds is 8. The van der Waals surface area contributed by atoms with Gasteiger partial charge in [-0.1, -0.05) is 30.8 Å². The van der Waals surface area contributed by atoms with Gasteiger partial charge in [-0.15, -0.1) is 12.4 Å². The van der Waals surface area contributed by atoms with Crippen LogP contribution >= 0.6 is 12.4 Å². The zero-order valence-corrected chi connectivity index (χ0v) is 39.3. The van der Waals surface area contributed by atoms with E-state index in [0.717, 1.165) is 67.4 Å². The molecule has 0 unspecified atom stereocenters. The van der Waals surface area contributed by atoms with Crippen LogP contribution in [0.3, 0.4) is 0 Å². The van der Waals surface area contributed by atoms with Gasteiger partial charge >= 0.3 is 0 Å². The van der Waals surface area contributed by atoms with Crippen molar-refractivity contribution in [3.63, 3.8) is 0 Å². The standard InChI is InChI=1S/C22H28N2O3.C20H21NO3.CH5N.BH.ClH.U/c1-13-7-8-16(10-19(13)25)21-18(12-23(4)5)22(26)24(21)17-9-14(2)15(3)20(11-17)27-6;1-11-6-7-15(9-17(11)22)19-14(4)20(23)21(19)16-8-12(2)13(3)18(10-16)24-5;1-2;;;/h7-11,18,21,25H,12H2,1-6H3;6-10,19,22H,4H2,1-3,5H3;2H2,1H3;2*1H;/t18-,21+;19-;;;;/m11..../s1/i;;;1D;;. The maximum absolute atomic E-state index is 13.0. The van der Waals surface area contributed by atoms with Crippen molar-refractivity contribution in [3.05, 3.63) is 117 Å². The van der Waals surface area contributed by atoms with Crippen molar-refractivity contribution in [2.45, 2.75) is 53.6 Å². The number of hydrogen-bond acceptors (Lipinski definition) is 8. The first-order valence-corrected chi connectivity index (χ1v) is 17.6. The van der Waals surface area contributed by atoms with Crippen LogP contribution in [0, 0.1) is 78.6 Å². The van der Waals surface area contributed by atoms with Crippen LogP contribution in [0.15, 0.2) is 72.8 Å². The minimum Gasteiger partial charge on any atom is -0.508 e. The van der Waals surface area contributed by atoms with Crippen molar-refractivity contribution in [3.8, 4) is 23.0 Å². The molecule has 4 aromatic rings. The number of benzene rings is 4. The SMILES string of the molecule is C=C1C(=O)N(c2cc(C)c(C)c(OC)c2)[C@H]1c1ccc(C)c(O)c1.CN.COc1cc(N2C(=O)[C@H](CN(C)C)[C@@H]2c2ccc(C)c(O)c2)cc(C)c1C.Cl.[2H][B].[U]. The molecule has 2 aliphatic rings. The Kier molecular flexibility index (Phi) is 18.1. The van der Waals surface area contributed by atoms with Crippen molar-refractivity contribution < 1.29 is 60.4 Å². The molecule has 3 atom stereocenters. The predicted octanol–water partition coefficient (Wildman–Crippen LogP) is 6.91. The van der Waals surface area contributed by atoms with Crippen LogP contribution in [0.4, 0.5) is 11.4 Å². The molecule has 2 amide bonds. The Hall–Kier alpha value is -3.91. The molecule has 2 saturated heterocycles. The number of carbonyl (C=O) groups is 2. The maximum Gasteiger partial charge on any atom is 0.256 e. The summed E-state index contributed by atoms with van der Waals surface area (Å²) in [5.74, 6) is 1.85. The molecule has 4 N–H and O–H groups in total. The number of amides is 2. The molecule has 13 heteroatoms. The van der Waals surface area contributed by atoms with Gasteiger partial charge in [0, 0.05) is 75.1 Å². The number of nitrogens with two attached hydrogens (primary N) is 1. The summed E-state index contributed by atoms with van der Waals surface area (Å²) in [6, 6.07) is 18.6. The molecule has 0 spiro atoms. The van der Waals surface area contributed by atoms with Gasteiger partial charge in [0.2, 0.25) is 5.91 Å². The fraction of sp³-hybridized carbons (Fsp3) is 0.349. The molecular formula is C43H56BClN4O6U. The fourth-order valence-electron chi connectivity index (χ4n) is 6.81. The number of hydrogen-bond donors (Lipinski definition) is 3. The summed E-state index contributed by atoms with van der Waals surface area (Å²) in [6.45, 7) is 16.3. The molecule has 298 valence electrons. The Labute approximate surface area is 365 Å². The van der Waals surface area contributed by atoms with Crippen molar-refractivity contribution >= 4 is 44.0 Å². The summed E-state index contributed by atoms with van der Waals surface area (Å²) in [6.07, 6.45) is 0. The molecule has 4 aromatic carbocycles. The van der Waals surface area contributed by atoms with E-state index in [0.29, 0.717) is 12.1 Å². The van der Waals surface area contributed by atoms with Crippen molar-refractivity contribution in [2.75, 3.05) is 51.7 Å². The number of anilines is 2. The van der Waals surface area contributed by atoms with E-state index in [-0.39, 0.29) is 84.8 Å². The first-order chi connectivity index (χ1) is 26.1. The van der Waals surface area contributed by atoms with Gasteiger partial charge in [0.25, 0.3) is 5.91 Å². The molecule has 2 aliphatic heterocycles. The van der Waals surface area contributed by atoms with Crippen molar-refractivity contribution in [1.82, 2.24) is 4.90 Å². The van der Waals surface area contributed by atoms with Crippen LogP contribution in [-0.4, -0.2) is 78.5 Å². The first-order valence-electron chi connectivity index (χ1n) is 18.1. The fourth-order valence-corrected chi connectivity index (χ4v) is 6.81. The summed E-state index contributed by atoms with van der Waals surface area (Å²) in [4.78, 5) is 31.0. The van der Waals surface area contributed by atoms with E-state index in [9.17, 15) is 19.8 Å². The van der Waals surface area contributed by atoms with E-state index >= 15 is 0 Å². The second-order valence-electron chi connectivity index (χ2n) is 13.9. The summed E-state index contributed by atoms with van der Waals surface area (Å²) in [5.41, 5.74) is 14.3. The van der Waals surface area contributed by atoms with Gasteiger partial charge in [0.1, 0.15) is 23.0 Å². The Morgan fingerprint density at radius 3 is 1.61 bits per heavy atom. The Bertz CT molecular complexity index is 2050. The minimum absolute atomic E-state index is 0. The van der Waals surface area contributed by atoms with E-state index in [1.54, 1.807) is 31.3 Å². The molecular weight excluding hydrogens is 953 g/mol. The monoisotopic (exact) mass is 1010 g/mol. The predicted molar refractivity (Wildman–Crippen MR) is 227 cm³/mol. The molecule has 56 heavy (non-hydrogen) atoms. The number of phenols is 2. The minimum atomic E-state index is -0.268. The van der Waals surface area contributed by atoms with Crippen molar-refractivity contribution in [2.24, 2.45) is 11.7 Å². The van der Waals surface area contributed by atoms with Gasteiger partial charge in [0.15, 0.2) is 0 Å². The summed E-state index contributed by atoms with van der Waals surface area (Å²) in [7, 11) is 12.5. The molecule has 0 bridgehead atoms. The zero-order valence-electron chi connectivity index (χ0n) is 35.4. The third-order valence-corrected chi connectivity index (χ3v) is 10.2. The number of aryl methyl sites for hydroxylation is 4. The average molecular weight is 1010 g/mol. The number of carbonyl (C=O) groups excluding carboxylic acids is 2. The van der Waals surface area contributed by atoms with Crippen LogP contribution in [0.1, 0.15) is 56.6 Å². The molecule has 2 radical (unpaired) electrons. The number of aromatic hydroxyl groups is 2. The smallest absolute Gasteiger partial charge is 0.256 e. The van der Waals surface area contributed by atoms with E-state index in [2.05, 4.69) is 20.7 Å². The molecule has 0 aliphatic carbocycles. The molecule has 6 rings (SSSR count). The number of nitrogens with zero attached hydrogens (tertiary/aromatic N) is 3. The van der Waals surface area contributed by atoms with Gasteiger partial charge in [-0.2, -0.15) is 0 Å². The second-order valence-corrected chi connectivity index (χ2v) is 13.9. The van der Waals surface area contributed by atoms with Crippen LogP contribution in [0.25, 0.3) is 0 Å². The number of β-lactam (4-membered cyclic amide) rings is 2. The molecule has 2 heterocycles. The van der Waals surface area contributed by atoms with Crippen LogP contribution in [0.2, 0.25) is 0 Å². The largest absolute Gasteiger partial charge is 0.508 e. The van der Waals surface area contributed by atoms with Gasteiger partial charge < -0.3 is 35.2 Å². The Balaban J connectivity index is 0.000000510. The topological polar surface area (TPSA) is 129 Å². The summed E-state index contributed by atoms with van der Waals surface area (Å²) < 4.78 is 16.2. The quantitative estimate of drug-likeness (QED) is 0.0989. The van der Waals surface area contributed by atoms with Crippen LogP contribution in [-0.2, 0) is 9.59 Å². The number of phenolic OH excluding ortho intramolecular Hbond substituents is 2. The van der Waals surface area contributed by atoms with Gasteiger partial charge in [-0.25, -0.2) is 0 Å². The second kappa shape index (κ2) is 21.0. The van der Waals surface area contributed by atoms with E-state index in [4.69, 9.17) is 10.8 Å². The summed E-state index contributed by atoms with van der Waals surface area (Å²) in [5, 5.41) is 20.2. The maximum atomic E-state index is 13.0. The number of methoxy groups -OCH3 is 2. The van der Waals surface area contributed by atoms with E-state index in [1.807, 2.05) is 114 Å².